The molecule has 5 nitrogen and oxygen atoms in total. The number of imidazole rings is 1. The van der Waals surface area contributed by atoms with E-state index in [9.17, 15) is 4.79 Å². The Hall–Kier alpha value is -2.14. The van der Waals surface area contributed by atoms with Crippen LogP contribution in [0.25, 0.3) is 0 Å². The van der Waals surface area contributed by atoms with Gasteiger partial charge in [-0.3, -0.25) is 9.69 Å². The molecule has 1 saturated heterocycles. The summed E-state index contributed by atoms with van der Waals surface area (Å²) in [5, 5.41) is 0. The molecule has 1 amide bonds. The quantitative estimate of drug-likeness (QED) is 0.869. The Balaban J connectivity index is 1.46. The predicted molar refractivity (Wildman–Crippen MR) is 92.8 cm³/mol. The summed E-state index contributed by atoms with van der Waals surface area (Å²) in [5.74, 6) is 1.25. The van der Waals surface area contributed by atoms with E-state index < -0.39 is 0 Å². The standard InChI is InChI=1S/C19H24N4O/c24-19(16-6-2-1-3-7-16)22-11-8-18-20-14-17(23(18)13-12-22)15-21-9-4-5-10-21/h1-3,6-7,14H,4-5,8-13,15H2. The molecule has 2 aliphatic heterocycles. The third-order valence-electron chi connectivity index (χ3n) is 5.11. The first-order chi connectivity index (χ1) is 11.8. The van der Waals surface area contributed by atoms with Crippen molar-refractivity contribution in [3.63, 3.8) is 0 Å². The smallest absolute Gasteiger partial charge is 0.253 e. The second kappa shape index (κ2) is 6.77. The first-order valence-electron chi connectivity index (χ1n) is 8.91. The van der Waals surface area contributed by atoms with Crippen molar-refractivity contribution in [2.45, 2.75) is 32.4 Å². The fourth-order valence-electron chi connectivity index (χ4n) is 3.76. The molecule has 2 aromatic rings. The normalized spacial score (nSPS) is 18.4. The Kier molecular flexibility index (Phi) is 4.34. The van der Waals surface area contributed by atoms with Gasteiger partial charge in [0.25, 0.3) is 5.91 Å². The van der Waals surface area contributed by atoms with Crippen molar-refractivity contribution < 1.29 is 4.79 Å². The summed E-state index contributed by atoms with van der Waals surface area (Å²) >= 11 is 0. The van der Waals surface area contributed by atoms with E-state index in [4.69, 9.17) is 0 Å². The Morgan fingerprint density at radius 2 is 1.79 bits per heavy atom. The number of hydrogen-bond donors (Lipinski definition) is 0. The van der Waals surface area contributed by atoms with Gasteiger partial charge in [-0.05, 0) is 38.1 Å². The van der Waals surface area contributed by atoms with Crippen molar-refractivity contribution in [2.75, 3.05) is 26.2 Å². The van der Waals surface area contributed by atoms with Crippen LogP contribution in [0, 0.1) is 0 Å². The zero-order valence-corrected chi connectivity index (χ0v) is 14.0. The number of nitrogens with zero attached hydrogens (tertiary/aromatic N) is 4. The highest BCUT2D eigenvalue weighted by molar-refractivity contribution is 5.94. The zero-order valence-electron chi connectivity index (χ0n) is 14.0. The Bertz CT molecular complexity index is 703. The number of likely N-dealkylation sites (tertiary alicyclic amines) is 1. The maximum Gasteiger partial charge on any atom is 0.253 e. The largest absolute Gasteiger partial charge is 0.336 e. The van der Waals surface area contributed by atoms with Crippen LogP contribution in [0.2, 0.25) is 0 Å². The van der Waals surface area contributed by atoms with Crippen molar-refractivity contribution in [1.82, 2.24) is 19.4 Å². The summed E-state index contributed by atoms with van der Waals surface area (Å²) in [6.07, 6.45) is 5.47. The molecule has 0 spiro atoms. The van der Waals surface area contributed by atoms with Crippen LogP contribution in [0.15, 0.2) is 36.5 Å². The monoisotopic (exact) mass is 324 g/mol. The van der Waals surface area contributed by atoms with E-state index in [1.165, 1.54) is 31.6 Å². The predicted octanol–water partition coefficient (Wildman–Crippen LogP) is 2.18. The van der Waals surface area contributed by atoms with Gasteiger partial charge in [0.15, 0.2) is 0 Å². The minimum atomic E-state index is 0.127. The number of hydrogen-bond acceptors (Lipinski definition) is 3. The summed E-state index contributed by atoms with van der Waals surface area (Å²) < 4.78 is 2.33. The molecule has 0 bridgehead atoms. The van der Waals surface area contributed by atoms with Gasteiger partial charge in [0.1, 0.15) is 5.82 Å². The molecule has 2 aliphatic rings. The molecular formula is C19H24N4O. The third-order valence-corrected chi connectivity index (χ3v) is 5.11. The Morgan fingerprint density at radius 1 is 1.00 bits per heavy atom. The minimum Gasteiger partial charge on any atom is -0.336 e. The van der Waals surface area contributed by atoms with Crippen LogP contribution in [0.5, 0.6) is 0 Å². The van der Waals surface area contributed by atoms with Gasteiger partial charge in [-0.15, -0.1) is 0 Å². The first-order valence-corrected chi connectivity index (χ1v) is 8.91. The number of fused-ring (bicyclic) bond motifs is 1. The van der Waals surface area contributed by atoms with Gasteiger partial charge in [0, 0.05) is 44.4 Å². The molecule has 5 heteroatoms. The van der Waals surface area contributed by atoms with E-state index in [1.807, 2.05) is 41.4 Å². The number of benzene rings is 1. The van der Waals surface area contributed by atoms with Crippen LogP contribution in [0.1, 0.15) is 34.7 Å². The van der Waals surface area contributed by atoms with Crippen molar-refractivity contribution >= 4 is 5.91 Å². The lowest BCUT2D eigenvalue weighted by molar-refractivity contribution is 0.0758. The first kappa shape index (κ1) is 15.4. The fraction of sp³-hybridized carbons (Fsp3) is 0.474. The zero-order chi connectivity index (χ0) is 16.4. The van der Waals surface area contributed by atoms with Gasteiger partial charge >= 0.3 is 0 Å². The second-order valence-corrected chi connectivity index (χ2v) is 6.71. The van der Waals surface area contributed by atoms with E-state index in [1.54, 1.807) is 0 Å². The average molecular weight is 324 g/mol. The maximum atomic E-state index is 12.7. The van der Waals surface area contributed by atoms with Crippen LogP contribution in [-0.2, 0) is 19.5 Å². The summed E-state index contributed by atoms with van der Waals surface area (Å²) in [7, 11) is 0. The molecule has 0 radical (unpaired) electrons. The highest BCUT2D eigenvalue weighted by atomic mass is 16.2. The molecule has 3 heterocycles. The summed E-state index contributed by atoms with van der Waals surface area (Å²) in [4.78, 5) is 21.8. The highest BCUT2D eigenvalue weighted by Crippen LogP contribution is 2.17. The molecule has 4 rings (SSSR count). The van der Waals surface area contributed by atoms with E-state index in [0.717, 1.165) is 44.0 Å². The summed E-state index contributed by atoms with van der Waals surface area (Å²) in [6.45, 7) is 5.72. The third kappa shape index (κ3) is 3.08. The maximum absolute atomic E-state index is 12.7. The average Bonchev–Trinajstić information content (AvgIpc) is 3.21. The van der Waals surface area contributed by atoms with Crippen LogP contribution < -0.4 is 0 Å². The lowest BCUT2D eigenvalue weighted by Crippen LogP contribution is -2.33. The van der Waals surface area contributed by atoms with Gasteiger partial charge in [0.2, 0.25) is 0 Å². The molecule has 24 heavy (non-hydrogen) atoms. The molecular weight excluding hydrogens is 300 g/mol. The van der Waals surface area contributed by atoms with E-state index in [-0.39, 0.29) is 5.91 Å². The molecule has 1 fully saturated rings. The Morgan fingerprint density at radius 3 is 2.58 bits per heavy atom. The molecule has 0 N–H and O–H groups in total. The van der Waals surface area contributed by atoms with Crippen molar-refractivity contribution in [3.8, 4) is 0 Å². The lowest BCUT2D eigenvalue weighted by atomic mass is 10.2. The van der Waals surface area contributed by atoms with Crippen LogP contribution in [0.4, 0.5) is 0 Å². The number of aromatic nitrogens is 2. The van der Waals surface area contributed by atoms with Crippen molar-refractivity contribution in [1.29, 1.82) is 0 Å². The van der Waals surface area contributed by atoms with Gasteiger partial charge in [-0.2, -0.15) is 0 Å². The fourth-order valence-corrected chi connectivity index (χ4v) is 3.76. The second-order valence-electron chi connectivity index (χ2n) is 6.71. The molecule has 0 atom stereocenters. The Labute approximate surface area is 142 Å². The molecule has 0 aliphatic carbocycles. The number of carbonyl (C=O) groups is 1. The molecule has 1 aromatic carbocycles. The van der Waals surface area contributed by atoms with Gasteiger partial charge in [-0.25, -0.2) is 4.98 Å². The number of rotatable bonds is 3. The van der Waals surface area contributed by atoms with Crippen LogP contribution in [0.3, 0.4) is 0 Å². The van der Waals surface area contributed by atoms with Gasteiger partial charge in [0.05, 0.1) is 5.69 Å². The lowest BCUT2D eigenvalue weighted by Gasteiger charge is -2.20. The van der Waals surface area contributed by atoms with E-state index in [0.29, 0.717) is 0 Å². The van der Waals surface area contributed by atoms with E-state index >= 15 is 0 Å². The minimum absolute atomic E-state index is 0.127. The van der Waals surface area contributed by atoms with Crippen molar-refractivity contribution in [3.05, 3.63) is 53.6 Å². The van der Waals surface area contributed by atoms with E-state index in [2.05, 4.69) is 14.5 Å². The molecule has 126 valence electrons. The number of amides is 1. The van der Waals surface area contributed by atoms with Crippen molar-refractivity contribution in [2.24, 2.45) is 0 Å². The summed E-state index contributed by atoms with van der Waals surface area (Å²) in [5.41, 5.74) is 2.07. The van der Waals surface area contributed by atoms with Gasteiger partial charge < -0.3 is 9.47 Å². The van der Waals surface area contributed by atoms with Crippen LogP contribution in [-0.4, -0.2) is 51.4 Å². The summed E-state index contributed by atoms with van der Waals surface area (Å²) in [6, 6.07) is 9.57. The highest BCUT2D eigenvalue weighted by Gasteiger charge is 2.22. The van der Waals surface area contributed by atoms with Crippen LogP contribution >= 0.6 is 0 Å². The van der Waals surface area contributed by atoms with Gasteiger partial charge in [-0.1, -0.05) is 18.2 Å². The molecule has 1 aromatic heterocycles. The SMILES string of the molecule is O=C(c1ccccc1)N1CCc2ncc(CN3CCCC3)n2CC1. The topological polar surface area (TPSA) is 41.4 Å². The molecule has 0 unspecified atom stereocenters. The number of carbonyl (C=O) groups excluding carboxylic acids is 1. The molecule has 0 saturated carbocycles.